The fourth-order valence-electron chi connectivity index (χ4n) is 3.56. The van der Waals surface area contributed by atoms with Crippen molar-refractivity contribution in [3.05, 3.63) is 90.0 Å². The number of hydrogen-bond donors (Lipinski definition) is 1. The molecule has 4 rings (SSSR count). The smallest absolute Gasteiger partial charge is 0.243 e. The summed E-state index contributed by atoms with van der Waals surface area (Å²) in [6.45, 7) is 2.51. The van der Waals surface area contributed by atoms with E-state index in [9.17, 15) is 13.2 Å². The number of rotatable bonds is 7. The minimum Gasteiger partial charge on any atom is -0.325 e. The Morgan fingerprint density at radius 1 is 0.969 bits per heavy atom. The SMILES string of the molecule is CC1CSc2ccc(S(=O)(=O)N(CCc3ccccc3)Cc3ccccc3)cc2NC1=O. The Kier molecular flexibility index (Phi) is 6.98. The number of carbonyl (C=O) groups is 1. The van der Waals surface area contributed by atoms with Crippen LogP contribution < -0.4 is 5.32 Å². The number of benzene rings is 3. The van der Waals surface area contributed by atoms with Crippen LogP contribution in [0.15, 0.2) is 88.7 Å². The largest absolute Gasteiger partial charge is 0.325 e. The van der Waals surface area contributed by atoms with E-state index in [1.807, 2.05) is 67.6 Å². The summed E-state index contributed by atoms with van der Waals surface area (Å²) in [4.78, 5) is 13.4. The van der Waals surface area contributed by atoms with Crippen LogP contribution in [0.4, 0.5) is 5.69 Å². The Labute approximate surface area is 193 Å². The van der Waals surface area contributed by atoms with E-state index in [2.05, 4.69) is 5.32 Å². The summed E-state index contributed by atoms with van der Waals surface area (Å²) in [7, 11) is -3.77. The average Bonchev–Trinajstić information content (AvgIpc) is 2.95. The molecule has 166 valence electrons. The molecule has 7 heteroatoms. The molecule has 0 aromatic heterocycles. The van der Waals surface area contributed by atoms with Crippen molar-refractivity contribution in [2.45, 2.75) is 29.7 Å². The summed E-state index contributed by atoms with van der Waals surface area (Å²) in [5.41, 5.74) is 2.57. The molecule has 32 heavy (non-hydrogen) atoms. The molecule has 5 nitrogen and oxygen atoms in total. The molecule has 3 aromatic rings. The van der Waals surface area contributed by atoms with Crippen molar-refractivity contribution in [3.63, 3.8) is 0 Å². The minimum absolute atomic E-state index is 0.0870. The van der Waals surface area contributed by atoms with Gasteiger partial charge in [0.05, 0.1) is 10.6 Å². The van der Waals surface area contributed by atoms with Gasteiger partial charge in [0, 0.05) is 29.7 Å². The Hall–Kier alpha value is -2.61. The minimum atomic E-state index is -3.77. The number of nitrogens with zero attached hydrogens (tertiary/aromatic N) is 1. The van der Waals surface area contributed by atoms with Gasteiger partial charge in [-0.15, -0.1) is 11.8 Å². The zero-order chi connectivity index (χ0) is 22.6. The number of anilines is 1. The van der Waals surface area contributed by atoms with Gasteiger partial charge in [0.1, 0.15) is 0 Å². The molecular formula is C25H26N2O3S2. The molecule has 1 aliphatic heterocycles. The lowest BCUT2D eigenvalue weighted by atomic mass is 10.1. The third-order valence-corrected chi connectivity index (χ3v) is 8.65. The molecular weight excluding hydrogens is 440 g/mol. The summed E-state index contributed by atoms with van der Waals surface area (Å²) in [5.74, 6) is 0.450. The standard InChI is InChI=1S/C25H26N2O3S2/c1-19-18-31-24-13-12-22(16-23(24)26-25(19)28)32(29,30)27(17-21-10-6-3-7-11-21)15-14-20-8-4-2-5-9-20/h2-13,16,19H,14-15,17-18H2,1H3,(H,26,28). The maximum atomic E-state index is 13.7. The van der Waals surface area contributed by atoms with Crippen molar-refractivity contribution >= 4 is 33.4 Å². The Bertz CT molecular complexity index is 1180. The van der Waals surface area contributed by atoms with Gasteiger partial charge in [-0.25, -0.2) is 8.42 Å². The number of fused-ring (bicyclic) bond motifs is 1. The number of thioether (sulfide) groups is 1. The fourth-order valence-corrected chi connectivity index (χ4v) is 6.02. The van der Waals surface area contributed by atoms with Crippen LogP contribution >= 0.6 is 11.8 Å². The van der Waals surface area contributed by atoms with Crippen molar-refractivity contribution < 1.29 is 13.2 Å². The molecule has 1 aliphatic rings. The third-order valence-electron chi connectivity index (χ3n) is 5.48. The Morgan fingerprint density at radius 3 is 2.31 bits per heavy atom. The Balaban J connectivity index is 1.64. The van der Waals surface area contributed by atoms with Crippen molar-refractivity contribution in [1.82, 2.24) is 4.31 Å². The molecule has 0 aliphatic carbocycles. The van der Waals surface area contributed by atoms with Gasteiger partial charge in [-0.2, -0.15) is 4.31 Å². The zero-order valence-electron chi connectivity index (χ0n) is 17.9. The first-order chi connectivity index (χ1) is 15.4. The second kappa shape index (κ2) is 9.90. The molecule has 0 spiro atoms. The van der Waals surface area contributed by atoms with Crippen molar-refractivity contribution in [2.24, 2.45) is 5.92 Å². The number of carbonyl (C=O) groups excluding carboxylic acids is 1. The van der Waals surface area contributed by atoms with Gasteiger partial charge in [0.15, 0.2) is 0 Å². The summed E-state index contributed by atoms with van der Waals surface area (Å²) in [6.07, 6.45) is 0.613. The van der Waals surface area contributed by atoms with Crippen molar-refractivity contribution in [2.75, 3.05) is 17.6 Å². The highest BCUT2D eigenvalue weighted by atomic mass is 32.2. The lowest BCUT2D eigenvalue weighted by molar-refractivity contribution is -0.118. The summed E-state index contributed by atoms with van der Waals surface area (Å²) in [6, 6.07) is 24.5. The van der Waals surface area contributed by atoms with Gasteiger partial charge in [-0.05, 0) is 35.7 Å². The van der Waals surface area contributed by atoms with Crippen LogP contribution in [0.25, 0.3) is 0 Å². The average molecular weight is 467 g/mol. The molecule has 1 atom stereocenters. The van der Waals surface area contributed by atoms with E-state index < -0.39 is 10.0 Å². The van der Waals surface area contributed by atoms with E-state index >= 15 is 0 Å². The molecule has 3 aromatic carbocycles. The summed E-state index contributed by atoms with van der Waals surface area (Å²) in [5, 5.41) is 2.89. The molecule has 1 amide bonds. The lowest BCUT2D eigenvalue weighted by Crippen LogP contribution is -2.32. The monoisotopic (exact) mass is 466 g/mol. The zero-order valence-corrected chi connectivity index (χ0v) is 19.5. The predicted octanol–water partition coefficient (Wildman–Crippen LogP) is 4.80. The predicted molar refractivity (Wildman–Crippen MR) is 129 cm³/mol. The van der Waals surface area contributed by atoms with E-state index in [-0.39, 0.29) is 23.3 Å². The van der Waals surface area contributed by atoms with Crippen molar-refractivity contribution in [3.8, 4) is 0 Å². The van der Waals surface area contributed by atoms with Crippen LogP contribution in [0.3, 0.4) is 0 Å². The molecule has 0 saturated heterocycles. The third kappa shape index (κ3) is 5.23. The molecule has 0 radical (unpaired) electrons. The molecule has 0 bridgehead atoms. The van der Waals surface area contributed by atoms with Gasteiger partial charge < -0.3 is 5.32 Å². The normalized spacial score (nSPS) is 16.3. The maximum Gasteiger partial charge on any atom is 0.243 e. The van der Waals surface area contributed by atoms with E-state index in [1.165, 1.54) is 4.31 Å². The Morgan fingerprint density at radius 2 is 1.62 bits per heavy atom. The van der Waals surface area contributed by atoms with Crippen LogP contribution in [0, 0.1) is 5.92 Å². The molecule has 0 fully saturated rings. The number of nitrogens with one attached hydrogen (secondary N) is 1. The quantitative estimate of drug-likeness (QED) is 0.543. The first kappa shape index (κ1) is 22.6. The summed E-state index contributed by atoms with van der Waals surface area (Å²) >= 11 is 1.57. The van der Waals surface area contributed by atoms with E-state index in [0.29, 0.717) is 24.4 Å². The fraction of sp³-hybridized carbons (Fsp3) is 0.240. The maximum absolute atomic E-state index is 13.7. The van der Waals surface area contributed by atoms with Gasteiger partial charge in [0.2, 0.25) is 15.9 Å². The number of hydrogen-bond acceptors (Lipinski definition) is 4. The van der Waals surface area contributed by atoms with Crippen LogP contribution in [0.5, 0.6) is 0 Å². The highest BCUT2D eigenvalue weighted by molar-refractivity contribution is 7.99. The van der Waals surface area contributed by atoms with Crippen molar-refractivity contribution in [1.29, 1.82) is 0 Å². The van der Waals surface area contributed by atoms with Gasteiger partial charge in [0.25, 0.3) is 0 Å². The van der Waals surface area contributed by atoms with Crippen LogP contribution in [-0.4, -0.2) is 30.9 Å². The molecule has 1 heterocycles. The van der Waals surface area contributed by atoms with Gasteiger partial charge >= 0.3 is 0 Å². The second-order valence-electron chi connectivity index (χ2n) is 7.92. The highest BCUT2D eigenvalue weighted by Crippen LogP contribution is 2.35. The van der Waals surface area contributed by atoms with E-state index in [1.54, 1.807) is 30.0 Å². The summed E-state index contributed by atoms with van der Waals surface area (Å²) < 4.78 is 28.9. The first-order valence-corrected chi connectivity index (χ1v) is 13.0. The molecule has 1 N–H and O–H groups in total. The van der Waals surface area contributed by atoms with Gasteiger partial charge in [-0.1, -0.05) is 67.6 Å². The number of sulfonamides is 1. The second-order valence-corrected chi connectivity index (χ2v) is 10.9. The first-order valence-electron chi connectivity index (χ1n) is 10.6. The highest BCUT2D eigenvalue weighted by Gasteiger charge is 2.27. The topological polar surface area (TPSA) is 66.5 Å². The van der Waals surface area contributed by atoms with Crippen LogP contribution in [0.1, 0.15) is 18.1 Å². The van der Waals surface area contributed by atoms with E-state index in [4.69, 9.17) is 0 Å². The van der Waals surface area contributed by atoms with Gasteiger partial charge in [-0.3, -0.25) is 4.79 Å². The number of amides is 1. The van der Waals surface area contributed by atoms with Crippen LogP contribution in [-0.2, 0) is 27.8 Å². The molecule has 0 saturated carbocycles. The van der Waals surface area contributed by atoms with E-state index in [0.717, 1.165) is 16.0 Å². The lowest BCUT2D eigenvalue weighted by Gasteiger charge is -2.23. The molecule has 1 unspecified atom stereocenters. The van der Waals surface area contributed by atoms with Crippen LogP contribution in [0.2, 0.25) is 0 Å².